The van der Waals surface area contributed by atoms with Crippen molar-refractivity contribution in [1.82, 2.24) is 15.5 Å². The molecule has 1 aromatic carbocycles. The molecular weight excluding hydrogens is 294 g/mol. The van der Waals surface area contributed by atoms with E-state index in [0.29, 0.717) is 10.2 Å². The first-order valence-electron chi connectivity index (χ1n) is 6.58. The zero-order valence-electron chi connectivity index (χ0n) is 11.9. The van der Waals surface area contributed by atoms with Crippen LogP contribution in [-0.4, -0.2) is 16.7 Å². The predicted octanol–water partition coefficient (Wildman–Crippen LogP) is 4.10. The Bertz CT molecular complexity index is 563. The van der Waals surface area contributed by atoms with E-state index in [1.54, 1.807) is 0 Å². The number of hydrogen-bond acceptors (Lipinski definition) is 5. The summed E-state index contributed by atoms with van der Waals surface area (Å²) in [4.78, 5) is 0. The van der Waals surface area contributed by atoms with Crippen molar-refractivity contribution in [3.8, 4) is 10.9 Å². The average molecular weight is 312 g/mol. The van der Waals surface area contributed by atoms with Crippen LogP contribution in [0.3, 0.4) is 0 Å². The lowest BCUT2D eigenvalue weighted by Gasteiger charge is -2.09. The molecule has 0 aliphatic carbocycles. The van der Waals surface area contributed by atoms with Crippen LogP contribution in [-0.2, 0) is 6.54 Å². The van der Waals surface area contributed by atoms with Crippen molar-refractivity contribution >= 4 is 22.9 Å². The summed E-state index contributed by atoms with van der Waals surface area (Å²) < 4.78 is 5.84. The fourth-order valence-electron chi connectivity index (χ4n) is 1.87. The van der Waals surface area contributed by atoms with Gasteiger partial charge in [0.05, 0.1) is 0 Å². The van der Waals surface area contributed by atoms with Crippen molar-refractivity contribution in [2.45, 2.75) is 33.7 Å². The molecule has 0 radical (unpaired) electrons. The molecule has 0 bridgehead atoms. The van der Waals surface area contributed by atoms with E-state index in [1.807, 2.05) is 26.0 Å². The van der Waals surface area contributed by atoms with E-state index in [9.17, 15) is 0 Å². The molecule has 0 fully saturated rings. The summed E-state index contributed by atoms with van der Waals surface area (Å²) in [5.41, 5.74) is 1.99. The fraction of sp³-hybridized carbons (Fsp3) is 0.429. The van der Waals surface area contributed by atoms with Crippen LogP contribution < -0.4 is 10.1 Å². The zero-order valence-corrected chi connectivity index (χ0v) is 13.4. The summed E-state index contributed by atoms with van der Waals surface area (Å²) in [6.07, 6.45) is 1.10. The maximum absolute atomic E-state index is 6.01. The van der Waals surface area contributed by atoms with Gasteiger partial charge in [0.2, 0.25) is 0 Å². The second-order valence-corrected chi connectivity index (χ2v) is 6.07. The highest BCUT2D eigenvalue weighted by Gasteiger charge is 2.11. The highest BCUT2D eigenvalue weighted by atomic mass is 35.5. The molecule has 0 unspecified atom stereocenters. The third kappa shape index (κ3) is 3.91. The lowest BCUT2D eigenvalue weighted by Crippen LogP contribution is -2.13. The Morgan fingerprint density at radius 1 is 1.25 bits per heavy atom. The van der Waals surface area contributed by atoms with Crippen molar-refractivity contribution in [1.29, 1.82) is 0 Å². The Morgan fingerprint density at radius 2 is 1.95 bits per heavy atom. The Kier molecular flexibility index (Phi) is 5.34. The second-order valence-electron chi connectivity index (χ2n) is 4.61. The van der Waals surface area contributed by atoms with E-state index < -0.39 is 0 Å². The lowest BCUT2D eigenvalue weighted by atomic mass is 10.1. The fourth-order valence-corrected chi connectivity index (χ4v) is 2.86. The monoisotopic (exact) mass is 311 g/mol. The third-order valence-electron chi connectivity index (χ3n) is 2.77. The smallest absolute Gasteiger partial charge is 0.299 e. The summed E-state index contributed by atoms with van der Waals surface area (Å²) in [7, 11) is 0. The summed E-state index contributed by atoms with van der Waals surface area (Å²) in [5, 5.41) is 13.7. The summed E-state index contributed by atoms with van der Waals surface area (Å²) in [6, 6.07) is 3.77. The van der Waals surface area contributed by atoms with Crippen molar-refractivity contribution in [2.24, 2.45) is 0 Å². The summed E-state index contributed by atoms with van der Waals surface area (Å²) >= 11 is 7.47. The molecule has 0 aliphatic rings. The number of hydrogen-bond donors (Lipinski definition) is 1. The van der Waals surface area contributed by atoms with Gasteiger partial charge in [0.1, 0.15) is 10.8 Å². The molecular formula is C14H18ClN3OS. The second kappa shape index (κ2) is 7.02. The van der Waals surface area contributed by atoms with E-state index in [-0.39, 0.29) is 0 Å². The number of aryl methyl sites for hydroxylation is 2. The molecule has 1 heterocycles. The topological polar surface area (TPSA) is 47.0 Å². The van der Waals surface area contributed by atoms with Gasteiger partial charge in [-0.15, -0.1) is 5.10 Å². The number of benzene rings is 1. The normalized spacial score (nSPS) is 10.8. The number of aromatic nitrogens is 2. The first-order valence-corrected chi connectivity index (χ1v) is 7.77. The van der Waals surface area contributed by atoms with E-state index in [4.69, 9.17) is 16.3 Å². The number of nitrogens with one attached hydrogen (secondary N) is 1. The van der Waals surface area contributed by atoms with Crippen LogP contribution in [0.1, 0.15) is 29.5 Å². The number of nitrogens with zero attached hydrogens (tertiary/aromatic N) is 2. The highest BCUT2D eigenvalue weighted by Crippen LogP contribution is 2.32. The Morgan fingerprint density at radius 3 is 2.60 bits per heavy atom. The van der Waals surface area contributed by atoms with Crippen LogP contribution in [0.25, 0.3) is 0 Å². The number of ether oxygens (including phenoxy) is 1. The van der Waals surface area contributed by atoms with Gasteiger partial charge >= 0.3 is 0 Å². The first kappa shape index (κ1) is 15.2. The molecule has 0 aliphatic heterocycles. The SMILES string of the molecule is CCCNCc1nnc(Oc2c(C)cc(Cl)cc2C)s1. The molecule has 108 valence electrons. The molecule has 0 saturated carbocycles. The van der Waals surface area contributed by atoms with Gasteiger partial charge in [-0.05, 0) is 50.1 Å². The number of rotatable bonds is 6. The molecule has 0 atom stereocenters. The standard InChI is InChI=1S/C14H18ClN3OS/c1-4-5-16-8-12-17-18-14(20-12)19-13-9(2)6-11(15)7-10(13)3/h6-7,16H,4-5,8H2,1-3H3. The van der Waals surface area contributed by atoms with E-state index >= 15 is 0 Å². The Hall–Kier alpha value is -1.17. The molecule has 2 aromatic rings. The highest BCUT2D eigenvalue weighted by molar-refractivity contribution is 7.13. The van der Waals surface area contributed by atoms with Gasteiger partial charge in [-0.2, -0.15) is 0 Å². The van der Waals surface area contributed by atoms with Crippen molar-refractivity contribution in [3.05, 3.63) is 33.3 Å². The molecule has 2 rings (SSSR count). The van der Waals surface area contributed by atoms with Gasteiger partial charge in [-0.3, -0.25) is 0 Å². The molecule has 0 spiro atoms. The van der Waals surface area contributed by atoms with Gasteiger partial charge in [-0.25, -0.2) is 0 Å². The zero-order chi connectivity index (χ0) is 14.5. The molecule has 6 heteroatoms. The molecule has 1 N–H and O–H groups in total. The minimum Gasteiger partial charge on any atom is -0.429 e. The molecule has 0 saturated heterocycles. The third-order valence-corrected chi connectivity index (χ3v) is 3.79. The molecule has 20 heavy (non-hydrogen) atoms. The van der Waals surface area contributed by atoms with Crippen LogP contribution in [0.15, 0.2) is 12.1 Å². The summed E-state index contributed by atoms with van der Waals surface area (Å²) in [6.45, 7) is 7.78. The largest absolute Gasteiger partial charge is 0.429 e. The minimum absolute atomic E-state index is 0.562. The van der Waals surface area contributed by atoms with Crippen molar-refractivity contribution in [3.63, 3.8) is 0 Å². The van der Waals surface area contributed by atoms with Gasteiger partial charge in [-0.1, -0.05) is 35.0 Å². The molecule has 0 amide bonds. The quantitative estimate of drug-likeness (QED) is 0.816. The van der Waals surface area contributed by atoms with Crippen molar-refractivity contribution in [2.75, 3.05) is 6.54 Å². The van der Waals surface area contributed by atoms with Crippen LogP contribution in [0.5, 0.6) is 10.9 Å². The lowest BCUT2D eigenvalue weighted by molar-refractivity contribution is 0.466. The van der Waals surface area contributed by atoms with Crippen LogP contribution in [0.2, 0.25) is 5.02 Å². The minimum atomic E-state index is 0.562. The Balaban J connectivity index is 2.07. The summed E-state index contributed by atoms with van der Waals surface area (Å²) in [5.74, 6) is 0.804. The van der Waals surface area contributed by atoms with Gasteiger partial charge in [0.15, 0.2) is 0 Å². The maximum Gasteiger partial charge on any atom is 0.299 e. The van der Waals surface area contributed by atoms with Gasteiger partial charge < -0.3 is 10.1 Å². The van der Waals surface area contributed by atoms with E-state index in [2.05, 4.69) is 22.4 Å². The van der Waals surface area contributed by atoms with Crippen LogP contribution >= 0.6 is 22.9 Å². The number of halogens is 1. The van der Waals surface area contributed by atoms with Gasteiger partial charge in [0.25, 0.3) is 5.19 Å². The predicted molar refractivity (Wildman–Crippen MR) is 82.9 cm³/mol. The van der Waals surface area contributed by atoms with Crippen molar-refractivity contribution < 1.29 is 4.74 Å². The van der Waals surface area contributed by atoms with Crippen LogP contribution in [0.4, 0.5) is 0 Å². The Labute approximate surface area is 128 Å². The van der Waals surface area contributed by atoms with E-state index in [0.717, 1.165) is 41.4 Å². The maximum atomic E-state index is 6.01. The first-order chi connectivity index (χ1) is 9.60. The average Bonchev–Trinajstić information content (AvgIpc) is 2.82. The molecule has 4 nitrogen and oxygen atoms in total. The van der Waals surface area contributed by atoms with Crippen LogP contribution in [0, 0.1) is 13.8 Å². The van der Waals surface area contributed by atoms with Gasteiger partial charge in [0, 0.05) is 11.6 Å². The van der Waals surface area contributed by atoms with E-state index in [1.165, 1.54) is 11.3 Å². The molecule has 1 aromatic heterocycles.